The predicted molar refractivity (Wildman–Crippen MR) is 138 cm³/mol. The van der Waals surface area contributed by atoms with Gasteiger partial charge >= 0.3 is 0 Å². The first-order chi connectivity index (χ1) is 17.1. The van der Waals surface area contributed by atoms with E-state index in [4.69, 9.17) is 22.7 Å². The maximum Gasteiger partial charge on any atom is 0.275 e. The van der Waals surface area contributed by atoms with Gasteiger partial charge in [0.05, 0.1) is 21.2 Å². The highest BCUT2D eigenvalue weighted by atomic mass is 35.5. The summed E-state index contributed by atoms with van der Waals surface area (Å²) < 4.78 is 41.0. The lowest BCUT2D eigenvalue weighted by atomic mass is 10.0. The number of halogens is 2. The normalized spacial score (nSPS) is 12.2. The quantitative estimate of drug-likeness (QED) is 0.184. The Balaban J connectivity index is 1.75. The number of alkyl halides is 1. The largest absolute Gasteiger partial charge is 0.398 e. The number of hydrogen-bond donors (Lipinski definition) is 3. The summed E-state index contributed by atoms with van der Waals surface area (Å²) in [6.45, 7) is 1.78. The van der Waals surface area contributed by atoms with Gasteiger partial charge in [-0.2, -0.15) is 0 Å². The second-order valence-electron chi connectivity index (χ2n) is 7.68. The van der Waals surface area contributed by atoms with E-state index in [2.05, 4.69) is 15.3 Å². The third-order valence-corrected chi connectivity index (χ3v) is 8.08. The molecule has 36 heavy (non-hydrogen) atoms. The number of nitrogens with two attached hydrogens (primary N) is 2. The zero-order valence-electron chi connectivity index (χ0n) is 18.8. The maximum absolute atomic E-state index is 15.4. The molecule has 12 heteroatoms. The van der Waals surface area contributed by atoms with Crippen LogP contribution in [0.4, 0.5) is 15.8 Å². The molecule has 5 N–H and O–H groups in total. The number of amides is 1. The summed E-state index contributed by atoms with van der Waals surface area (Å²) in [5.74, 6) is -0.466. The third-order valence-electron chi connectivity index (χ3n) is 5.27. The Kier molecular flexibility index (Phi) is 7.16. The SMILES string of the molecule is Cc1nc(C(=O)Nc2cc(-c3cnc(Cl)c(C(F)S(=O)(=O)c4ccccc4)c3)cc(N)c2C=[NH2+])cs1. The lowest BCUT2D eigenvalue weighted by Gasteiger charge is -2.15. The van der Waals surface area contributed by atoms with Gasteiger partial charge in [0.25, 0.3) is 5.91 Å². The first kappa shape index (κ1) is 25.4. The summed E-state index contributed by atoms with van der Waals surface area (Å²) in [7, 11) is -4.39. The molecule has 0 aliphatic rings. The Labute approximate surface area is 215 Å². The van der Waals surface area contributed by atoms with E-state index < -0.39 is 21.2 Å². The fraction of sp³-hybridized carbons (Fsp3) is 0.0833. The molecule has 2 aromatic heterocycles. The van der Waals surface area contributed by atoms with Gasteiger partial charge in [-0.15, -0.1) is 11.3 Å². The zero-order chi connectivity index (χ0) is 26.0. The van der Waals surface area contributed by atoms with Gasteiger partial charge in [0.15, 0.2) is 6.21 Å². The molecule has 2 heterocycles. The minimum atomic E-state index is -4.39. The number of nitrogen functional groups attached to an aromatic ring is 1. The Morgan fingerprint density at radius 2 is 1.94 bits per heavy atom. The van der Waals surface area contributed by atoms with E-state index >= 15 is 4.39 Å². The van der Waals surface area contributed by atoms with Crippen molar-refractivity contribution in [2.75, 3.05) is 11.1 Å². The molecule has 0 saturated carbocycles. The van der Waals surface area contributed by atoms with Gasteiger partial charge in [0.1, 0.15) is 10.8 Å². The van der Waals surface area contributed by atoms with Crippen molar-refractivity contribution in [3.05, 3.63) is 87.1 Å². The average molecular weight is 545 g/mol. The molecule has 8 nitrogen and oxygen atoms in total. The Hall–Kier alpha value is -3.67. The van der Waals surface area contributed by atoms with Crippen LogP contribution in [0.2, 0.25) is 5.15 Å². The molecule has 0 fully saturated rings. The summed E-state index contributed by atoms with van der Waals surface area (Å²) in [4.78, 5) is 20.6. The van der Waals surface area contributed by atoms with Crippen molar-refractivity contribution in [3.63, 3.8) is 0 Å². The number of hydrogen-bond acceptors (Lipinski definition) is 7. The molecule has 184 valence electrons. The number of thiazole rings is 1. The van der Waals surface area contributed by atoms with Gasteiger partial charge in [0, 0.05) is 28.4 Å². The monoisotopic (exact) mass is 544 g/mol. The van der Waals surface area contributed by atoms with E-state index in [9.17, 15) is 13.2 Å². The average Bonchev–Trinajstić information content (AvgIpc) is 3.30. The number of anilines is 2. The minimum Gasteiger partial charge on any atom is -0.398 e. The molecule has 1 unspecified atom stereocenters. The van der Waals surface area contributed by atoms with Crippen LogP contribution in [0.25, 0.3) is 11.1 Å². The molecule has 0 saturated heterocycles. The molecular weight excluding hydrogens is 525 g/mol. The van der Waals surface area contributed by atoms with E-state index in [0.29, 0.717) is 16.7 Å². The van der Waals surface area contributed by atoms with Gasteiger partial charge in [0.2, 0.25) is 15.3 Å². The molecule has 0 aliphatic carbocycles. The fourth-order valence-electron chi connectivity index (χ4n) is 3.46. The van der Waals surface area contributed by atoms with Crippen LogP contribution >= 0.6 is 22.9 Å². The minimum absolute atomic E-state index is 0.187. The van der Waals surface area contributed by atoms with Crippen molar-refractivity contribution in [2.24, 2.45) is 0 Å². The zero-order valence-corrected chi connectivity index (χ0v) is 21.2. The summed E-state index contributed by atoms with van der Waals surface area (Å²) in [6, 6.07) is 11.6. The summed E-state index contributed by atoms with van der Waals surface area (Å²) in [6.07, 6.45) is 2.60. The van der Waals surface area contributed by atoms with Crippen LogP contribution in [0.15, 0.2) is 65.0 Å². The standard InChI is InChI=1S/C24H19ClFN5O3S2/c1-13-30-21(12-35-13)24(32)31-20-9-14(8-19(28)18(20)10-27)15-7-17(22(25)29-11-15)23(26)36(33,34)16-5-3-2-4-6-16/h2-12,23,27H,28H2,1H3,(H,31,32)/p+1. The molecule has 0 radical (unpaired) electrons. The summed E-state index contributed by atoms with van der Waals surface area (Å²) in [5, 5.41) is 10.5. The van der Waals surface area contributed by atoms with Crippen LogP contribution in [0.1, 0.15) is 32.1 Å². The summed E-state index contributed by atoms with van der Waals surface area (Å²) in [5.41, 5.74) is 5.26. The maximum atomic E-state index is 15.4. The second-order valence-corrected chi connectivity index (χ2v) is 11.1. The number of sulfone groups is 1. The number of rotatable bonds is 7. The van der Waals surface area contributed by atoms with Crippen LogP contribution in [-0.4, -0.2) is 30.5 Å². The van der Waals surface area contributed by atoms with Crippen molar-refractivity contribution >= 4 is 56.3 Å². The molecule has 0 aliphatic heterocycles. The van der Waals surface area contributed by atoms with Gasteiger partial charge in [-0.25, -0.2) is 22.8 Å². The van der Waals surface area contributed by atoms with Crippen LogP contribution in [0, 0.1) is 6.92 Å². The van der Waals surface area contributed by atoms with Crippen LogP contribution in [-0.2, 0) is 9.84 Å². The highest BCUT2D eigenvalue weighted by Gasteiger charge is 2.31. The number of aryl methyl sites for hydroxylation is 1. The highest BCUT2D eigenvalue weighted by molar-refractivity contribution is 7.91. The number of carbonyl (C=O) groups is 1. The fourth-order valence-corrected chi connectivity index (χ4v) is 5.61. The molecule has 4 aromatic rings. The Morgan fingerprint density at radius 1 is 1.22 bits per heavy atom. The molecule has 4 rings (SSSR count). The van der Waals surface area contributed by atoms with Crippen molar-refractivity contribution in [2.45, 2.75) is 17.3 Å². The Morgan fingerprint density at radius 3 is 2.58 bits per heavy atom. The lowest BCUT2D eigenvalue weighted by Crippen LogP contribution is -2.31. The van der Waals surface area contributed by atoms with Gasteiger partial charge < -0.3 is 11.1 Å². The van der Waals surface area contributed by atoms with Crippen molar-refractivity contribution in [3.8, 4) is 11.1 Å². The number of carbonyl (C=O) groups excluding carboxylic acids is 1. The molecule has 1 atom stereocenters. The number of nitrogens with zero attached hydrogens (tertiary/aromatic N) is 2. The number of benzene rings is 2. The molecule has 0 spiro atoms. The van der Waals surface area contributed by atoms with E-state index in [1.807, 2.05) is 0 Å². The van der Waals surface area contributed by atoms with Crippen LogP contribution in [0.3, 0.4) is 0 Å². The topological polar surface area (TPSA) is 141 Å². The van der Waals surface area contributed by atoms with Crippen molar-refractivity contribution in [1.82, 2.24) is 9.97 Å². The van der Waals surface area contributed by atoms with E-state index in [1.54, 1.807) is 30.5 Å². The number of nitrogens with one attached hydrogen (secondary N) is 1. The van der Waals surface area contributed by atoms with E-state index in [1.165, 1.54) is 54.1 Å². The predicted octanol–water partition coefficient (Wildman–Crippen LogP) is 3.62. The van der Waals surface area contributed by atoms with Crippen molar-refractivity contribution < 1.29 is 23.0 Å². The second kappa shape index (κ2) is 10.1. The van der Waals surface area contributed by atoms with Crippen LogP contribution < -0.4 is 16.5 Å². The molecule has 0 bridgehead atoms. The van der Waals surface area contributed by atoms with Crippen molar-refractivity contribution in [1.29, 1.82) is 0 Å². The number of aromatic nitrogens is 2. The molecular formula is C24H20ClFN5O3S2+. The summed E-state index contributed by atoms with van der Waals surface area (Å²) >= 11 is 7.42. The van der Waals surface area contributed by atoms with Gasteiger partial charge in [-0.3, -0.25) is 10.2 Å². The van der Waals surface area contributed by atoms with Gasteiger partial charge in [-0.1, -0.05) is 29.8 Å². The Bertz CT molecular complexity index is 1580. The first-order valence-electron chi connectivity index (χ1n) is 10.4. The highest BCUT2D eigenvalue weighted by Crippen LogP contribution is 2.37. The first-order valence-corrected chi connectivity index (χ1v) is 13.2. The smallest absolute Gasteiger partial charge is 0.275 e. The molecule has 2 aromatic carbocycles. The molecule has 1 amide bonds. The lowest BCUT2D eigenvalue weighted by molar-refractivity contribution is -0.104. The third kappa shape index (κ3) is 4.99. The van der Waals surface area contributed by atoms with E-state index in [0.717, 1.165) is 5.01 Å². The van der Waals surface area contributed by atoms with Gasteiger partial charge in [-0.05, 0) is 42.8 Å². The number of pyridine rings is 1. The van der Waals surface area contributed by atoms with E-state index in [-0.39, 0.29) is 32.7 Å². The van der Waals surface area contributed by atoms with Crippen LogP contribution in [0.5, 0.6) is 0 Å².